The first-order valence-corrected chi connectivity index (χ1v) is 22.5. The van der Waals surface area contributed by atoms with Gasteiger partial charge in [0.25, 0.3) is 0 Å². The van der Waals surface area contributed by atoms with Gasteiger partial charge in [-0.1, -0.05) is 109 Å². The highest BCUT2D eigenvalue weighted by molar-refractivity contribution is 7.99. The zero-order valence-corrected chi connectivity index (χ0v) is 34.5. The van der Waals surface area contributed by atoms with Crippen LogP contribution in [0.1, 0.15) is 42.5 Å². The molecule has 5 aromatic rings. The van der Waals surface area contributed by atoms with E-state index in [9.17, 15) is 0 Å². The summed E-state index contributed by atoms with van der Waals surface area (Å²) in [4.78, 5) is 15.0. The molecule has 0 unspecified atom stereocenters. The van der Waals surface area contributed by atoms with Crippen LogP contribution in [0.3, 0.4) is 0 Å². The molecule has 0 bridgehead atoms. The van der Waals surface area contributed by atoms with Crippen molar-refractivity contribution in [3.63, 3.8) is 0 Å². The maximum Gasteiger partial charge on any atom is 0.188 e. The second kappa shape index (κ2) is 19.9. The lowest BCUT2D eigenvalue weighted by atomic mass is 10.1. The largest absolute Gasteiger partial charge is 0.360 e. The Kier molecular flexibility index (Phi) is 14.2. The molecule has 0 N–H and O–H groups in total. The molecule has 2 saturated heterocycles. The van der Waals surface area contributed by atoms with Crippen molar-refractivity contribution in [2.24, 2.45) is 0 Å². The third-order valence-corrected chi connectivity index (χ3v) is 13.6. The Balaban J connectivity index is 0.862. The molecular formula is C47H60N6S2+2. The Morgan fingerprint density at radius 1 is 0.509 bits per heavy atom. The molecule has 8 heteroatoms. The van der Waals surface area contributed by atoms with Crippen LogP contribution >= 0.6 is 23.5 Å². The van der Waals surface area contributed by atoms with Gasteiger partial charge < -0.3 is 18.8 Å². The van der Waals surface area contributed by atoms with E-state index in [1.165, 1.54) is 96.4 Å². The number of anilines is 2. The lowest BCUT2D eigenvalue weighted by molar-refractivity contribution is -0.941. The number of aryl methyl sites for hydroxylation is 1. The van der Waals surface area contributed by atoms with Gasteiger partial charge in [0.1, 0.15) is 18.1 Å². The molecule has 4 aromatic carbocycles. The number of aromatic nitrogens is 2. The van der Waals surface area contributed by atoms with Crippen molar-refractivity contribution in [2.45, 2.75) is 55.9 Å². The van der Waals surface area contributed by atoms with E-state index in [2.05, 4.69) is 144 Å². The van der Waals surface area contributed by atoms with E-state index in [-0.39, 0.29) is 0 Å². The topological polar surface area (TPSA) is 32.3 Å². The van der Waals surface area contributed by atoms with Crippen LogP contribution in [0.15, 0.2) is 138 Å². The van der Waals surface area contributed by atoms with Gasteiger partial charge in [0, 0.05) is 33.9 Å². The van der Waals surface area contributed by atoms with E-state index in [1.807, 2.05) is 23.5 Å². The lowest BCUT2D eigenvalue weighted by Gasteiger charge is -2.46. The average molecular weight is 773 g/mol. The van der Waals surface area contributed by atoms with Crippen LogP contribution in [0.4, 0.5) is 11.4 Å². The van der Waals surface area contributed by atoms with Crippen LogP contribution < -0.4 is 9.80 Å². The van der Waals surface area contributed by atoms with Crippen molar-refractivity contribution in [1.82, 2.24) is 9.97 Å². The zero-order chi connectivity index (χ0) is 37.6. The summed E-state index contributed by atoms with van der Waals surface area (Å²) in [6.07, 6.45) is 4.87. The second-order valence-electron chi connectivity index (χ2n) is 15.7. The van der Waals surface area contributed by atoms with Crippen molar-refractivity contribution in [1.29, 1.82) is 0 Å². The number of rotatable bonds is 18. The van der Waals surface area contributed by atoms with E-state index >= 15 is 0 Å². The van der Waals surface area contributed by atoms with E-state index < -0.39 is 0 Å². The Bertz CT molecular complexity index is 1710. The maximum absolute atomic E-state index is 5.02. The average Bonchev–Trinajstić information content (AvgIpc) is 3.22. The number of hydrogen-bond donors (Lipinski definition) is 0. The van der Waals surface area contributed by atoms with Crippen LogP contribution in [0, 0.1) is 6.92 Å². The van der Waals surface area contributed by atoms with Crippen molar-refractivity contribution in [3.05, 3.63) is 144 Å². The number of nitrogens with zero attached hydrogens (tertiary/aromatic N) is 6. The van der Waals surface area contributed by atoms with Gasteiger partial charge in [0.2, 0.25) is 0 Å². The predicted molar refractivity (Wildman–Crippen MR) is 234 cm³/mol. The quantitative estimate of drug-likeness (QED) is 0.0290. The minimum absolute atomic E-state index is 0.941. The maximum atomic E-state index is 5.02. The van der Waals surface area contributed by atoms with Crippen molar-refractivity contribution < 1.29 is 8.97 Å². The lowest BCUT2D eigenvalue weighted by Crippen LogP contribution is -2.59. The number of para-hydroxylation sites is 2. The molecule has 0 amide bonds. The molecule has 2 aliphatic heterocycles. The van der Waals surface area contributed by atoms with Crippen LogP contribution in [0.2, 0.25) is 0 Å². The highest BCUT2D eigenvalue weighted by Crippen LogP contribution is 2.28. The molecule has 0 saturated carbocycles. The van der Waals surface area contributed by atoms with Crippen LogP contribution in [-0.4, -0.2) is 95.9 Å². The van der Waals surface area contributed by atoms with Crippen molar-refractivity contribution >= 4 is 34.9 Å². The fourth-order valence-electron chi connectivity index (χ4n) is 8.53. The number of hydrogen-bond acceptors (Lipinski definition) is 6. The molecule has 2 aliphatic rings. The van der Waals surface area contributed by atoms with Gasteiger partial charge in [-0.15, -0.1) is 11.8 Å². The molecule has 0 radical (unpaired) electrons. The van der Waals surface area contributed by atoms with E-state index in [1.54, 1.807) is 0 Å². The van der Waals surface area contributed by atoms with Gasteiger partial charge in [-0.25, -0.2) is 9.97 Å². The Morgan fingerprint density at radius 3 is 1.38 bits per heavy atom. The van der Waals surface area contributed by atoms with Gasteiger partial charge in [-0.2, -0.15) is 0 Å². The highest BCUT2D eigenvalue weighted by Gasteiger charge is 2.34. The minimum Gasteiger partial charge on any atom is -0.360 e. The van der Waals surface area contributed by atoms with Gasteiger partial charge in [-0.3, -0.25) is 0 Å². The molecule has 55 heavy (non-hydrogen) atoms. The summed E-state index contributed by atoms with van der Waals surface area (Å²) in [6.45, 7) is 16.1. The predicted octanol–water partition coefficient (Wildman–Crippen LogP) is 9.60. The van der Waals surface area contributed by atoms with Crippen molar-refractivity contribution in [2.75, 3.05) is 86.8 Å². The molecule has 288 valence electrons. The summed E-state index contributed by atoms with van der Waals surface area (Å²) in [7, 11) is 0. The smallest absolute Gasteiger partial charge is 0.188 e. The number of thioether (sulfide) groups is 2. The molecule has 2 fully saturated rings. The first-order valence-electron chi connectivity index (χ1n) is 20.5. The molecule has 0 spiro atoms. The second-order valence-corrected chi connectivity index (χ2v) is 17.9. The molecular weight excluding hydrogens is 713 g/mol. The van der Waals surface area contributed by atoms with Crippen molar-refractivity contribution in [3.8, 4) is 0 Å². The first-order chi connectivity index (χ1) is 27.1. The molecule has 3 heterocycles. The van der Waals surface area contributed by atoms with Gasteiger partial charge in [0.15, 0.2) is 5.16 Å². The SMILES string of the molecule is Cc1cc(SCCCC[N+]2(Cc3ccccc3)CCN(c3ccccc3)CC2)nc(SCCCC[N+]2(Cc3ccccc3)CCN(c3ccccc3)CC2)n1. The Morgan fingerprint density at radius 2 is 0.927 bits per heavy atom. The summed E-state index contributed by atoms with van der Waals surface area (Å²) in [5.74, 6) is 2.17. The number of unbranched alkanes of at least 4 members (excludes halogenated alkanes) is 2. The van der Waals surface area contributed by atoms with Gasteiger partial charge in [0.05, 0.1) is 65.4 Å². The third-order valence-electron chi connectivity index (χ3n) is 11.7. The van der Waals surface area contributed by atoms with Gasteiger partial charge >= 0.3 is 0 Å². The van der Waals surface area contributed by atoms with Gasteiger partial charge in [-0.05, 0) is 68.7 Å². The monoisotopic (exact) mass is 772 g/mol. The van der Waals surface area contributed by atoms with Crippen LogP contribution in [-0.2, 0) is 13.1 Å². The summed E-state index contributed by atoms with van der Waals surface area (Å²) < 4.78 is 2.36. The van der Waals surface area contributed by atoms with E-state index in [0.29, 0.717) is 0 Å². The fraction of sp³-hybridized carbons (Fsp3) is 0.404. The molecule has 0 atom stereocenters. The zero-order valence-electron chi connectivity index (χ0n) is 32.9. The highest BCUT2D eigenvalue weighted by atomic mass is 32.2. The standard InChI is InChI=1S/C47H60N6S2/c1-41-38-46(54-36-16-14-30-52(39-42-18-6-2-7-19-42)32-26-50(27-33-52)44-22-10-4-11-23-44)49-47(48-41)55-37-17-15-31-53(40-43-20-8-3-9-21-43)34-28-51(29-35-53)45-24-12-5-13-25-45/h2-13,18-25,38H,14-17,26-37,39-40H2,1H3/q+2. The molecule has 1 aromatic heterocycles. The summed E-state index contributed by atoms with van der Waals surface area (Å²) in [5.41, 5.74) is 6.71. The Hall–Kier alpha value is -3.82. The molecule has 0 aliphatic carbocycles. The third kappa shape index (κ3) is 11.6. The van der Waals surface area contributed by atoms with Crippen LogP contribution in [0.5, 0.6) is 0 Å². The summed E-state index contributed by atoms with van der Waals surface area (Å²) in [6, 6.07) is 46.3. The Labute approximate surface area is 339 Å². The first kappa shape index (κ1) is 39.4. The number of piperazine rings is 2. The van der Waals surface area contributed by atoms with E-state index in [0.717, 1.165) is 66.7 Å². The summed E-state index contributed by atoms with van der Waals surface area (Å²) >= 11 is 3.75. The van der Waals surface area contributed by atoms with Crippen LogP contribution in [0.25, 0.3) is 0 Å². The molecule has 7 rings (SSSR count). The normalized spacial score (nSPS) is 16.6. The summed E-state index contributed by atoms with van der Waals surface area (Å²) in [5, 5.41) is 2.07. The minimum atomic E-state index is 0.941. The molecule has 6 nitrogen and oxygen atoms in total. The fourth-order valence-corrected chi connectivity index (χ4v) is 10.4. The number of benzene rings is 4. The number of quaternary nitrogens is 2. The van der Waals surface area contributed by atoms with E-state index in [4.69, 9.17) is 9.97 Å².